The molecule has 1 aliphatic heterocycles. The summed E-state index contributed by atoms with van der Waals surface area (Å²) in [6.07, 6.45) is 1.05. The zero-order chi connectivity index (χ0) is 11.3. The lowest BCUT2D eigenvalue weighted by molar-refractivity contribution is -0.148. The summed E-state index contributed by atoms with van der Waals surface area (Å²) in [5, 5.41) is 0. The molecule has 15 heavy (non-hydrogen) atoms. The van der Waals surface area contributed by atoms with Crippen LogP contribution in [-0.2, 0) is 19.1 Å². The molecule has 5 heteroatoms. The van der Waals surface area contributed by atoms with Gasteiger partial charge in [0.05, 0.1) is 13.0 Å². The molecule has 1 rings (SSSR count). The molecule has 0 unspecified atom stereocenters. The van der Waals surface area contributed by atoms with E-state index in [1.807, 2.05) is 0 Å². The Bertz CT molecular complexity index is 242. The summed E-state index contributed by atoms with van der Waals surface area (Å²) in [6, 6.07) is 0. The Labute approximate surface area is 89.3 Å². The molecule has 0 radical (unpaired) electrons. The van der Waals surface area contributed by atoms with Gasteiger partial charge >= 0.3 is 5.97 Å². The van der Waals surface area contributed by atoms with E-state index in [0.29, 0.717) is 32.4 Å². The fourth-order valence-electron chi connectivity index (χ4n) is 1.51. The SMILES string of the molecule is COCCCC(=O)O[C@@H]1CC(=O)N(C)C1. The number of likely N-dealkylation sites (N-methyl/N-ethyl adjacent to an activating group) is 1. The van der Waals surface area contributed by atoms with E-state index in [1.54, 1.807) is 19.1 Å². The van der Waals surface area contributed by atoms with Gasteiger partial charge in [-0.1, -0.05) is 0 Å². The highest BCUT2D eigenvalue weighted by atomic mass is 16.5. The molecule has 86 valence electrons. The van der Waals surface area contributed by atoms with Crippen molar-refractivity contribution in [2.24, 2.45) is 0 Å². The normalized spacial score (nSPS) is 20.8. The molecular formula is C10H17NO4. The second kappa shape index (κ2) is 5.70. The molecule has 0 aromatic rings. The zero-order valence-electron chi connectivity index (χ0n) is 9.19. The summed E-state index contributed by atoms with van der Waals surface area (Å²) >= 11 is 0. The number of carbonyl (C=O) groups is 2. The predicted molar refractivity (Wildman–Crippen MR) is 53.2 cm³/mol. The van der Waals surface area contributed by atoms with Crippen molar-refractivity contribution < 1.29 is 19.1 Å². The molecule has 0 saturated carbocycles. The van der Waals surface area contributed by atoms with Crippen LogP contribution in [0.15, 0.2) is 0 Å². The van der Waals surface area contributed by atoms with Crippen molar-refractivity contribution in [1.82, 2.24) is 4.90 Å². The maximum atomic E-state index is 11.3. The molecule has 1 heterocycles. The van der Waals surface area contributed by atoms with Gasteiger partial charge in [-0.25, -0.2) is 0 Å². The summed E-state index contributed by atoms with van der Waals surface area (Å²) in [4.78, 5) is 24.0. The monoisotopic (exact) mass is 215 g/mol. The quantitative estimate of drug-likeness (QED) is 0.485. The standard InChI is InChI=1S/C10H17NO4/c1-11-7-8(6-9(11)12)15-10(13)4-3-5-14-2/h8H,3-7H2,1-2H3/t8-/m1/s1. The minimum atomic E-state index is -0.266. The number of likely N-dealkylation sites (tertiary alicyclic amines) is 1. The van der Waals surface area contributed by atoms with E-state index in [0.717, 1.165) is 0 Å². The number of nitrogens with zero attached hydrogens (tertiary/aromatic N) is 1. The van der Waals surface area contributed by atoms with Gasteiger partial charge in [-0.05, 0) is 6.42 Å². The van der Waals surface area contributed by atoms with Gasteiger partial charge < -0.3 is 14.4 Å². The van der Waals surface area contributed by atoms with E-state index in [9.17, 15) is 9.59 Å². The van der Waals surface area contributed by atoms with Gasteiger partial charge in [-0.3, -0.25) is 9.59 Å². The Kier molecular flexibility index (Phi) is 4.55. The highest BCUT2D eigenvalue weighted by Crippen LogP contribution is 2.13. The average molecular weight is 215 g/mol. The molecular weight excluding hydrogens is 198 g/mol. The lowest BCUT2D eigenvalue weighted by atomic mass is 10.3. The number of rotatable bonds is 5. The Hall–Kier alpha value is -1.10. The summed E-state index contributed by atoms with van der Waals surface area (Å²) in [5.41, 5.74) is 0. The van der Waals surface area contributed by atoms with Crippen LogP contribution in [0.25, 0.3) is 0 Å². The minimum absolute atomic E-state index is 0.0321. The van der Waals surface area contributed by atoms with Gasteiger partial charge in [0.2, 0.25) is 5.91 Å². The van der Waals surface area contributed by atoms with Crippen LogP contribution in [0, 0.1) is 0 Å². The first kappa shape index (κ1) is 12.0. The second-order valence-electron chi connectivity index (χ2n) is 3.69. The van der Waals surface area contributed by atoms with Crippen LogP contribution in [-0.4, -0.2) is 50.2 Å². The van der Waals surface area contributed by atoms with Crippen LogP contribution in [0.1, 0.15) is 19.3 Å². The van der Waals surface area contributed by atoms with E-state index in [-0.39, 0.29) is 18.0 Å². The molecule has 0 bridgehead atoms. The first-order valence-electron chi connectivity index (χ1n) is 5.06. The third kappa shape index (κ3) is 3.87. The van der Waals surface area contributed by atoms with Crippen molar-refractivity contribution in [3.8, 4) is 0 Å². The Balaban J connectivity index is 2.18. The molecule has 0 spiro atoms. The number of methoxy groups -OCH3 is 1. The van der Waals surface area contributed by atoms with Crippen LogP contribution < -0.4 is 0 Å². The maximum Gasteiger partial charge on any atom is 0.306 e. The first-order valence-corrected chi connectivity index (χ1v) is 5.06. The van der Waals surface area contributed by atoms with E-state index in [4.69, 9.17) is 9.47 Å². The smallest absolute Gasteiger partial charge is 0.306 e. The van der Waals surface area contributed by atoms with E-state index in [2.05, 4.69) is 0 Å². The molecule has 1 aliphatic rings. The largest absolute Gasteiger partial charge is 0.460 e. The molecule has 1 atom stereocenters. The van der Waals surface area contributed by atoms with Crippen molar-refractivity contribution in [3.63, 3.8) is 0 Å². The highest BCUT2D eigenvalue weighted by molar-refractivity contribution is 5.79. The number of hydrogen-bond donors (Lipinski definition) is 0. The number of hydrogen-bond acceptors (Lipinski definition) is 4. The van der Waals surface area contributed by atoms with Gasteiger partial charge in [0, 0.05) is 27.2 Å². The van der Waals surface area contributed by atoms with Crippen LogP contribution in [0.2, 0.25) is 0 Å². The van der Waals surface area contributed by atoms with Gasteiger partial charge in [0.1, 0.15) is 6.10 Å². The van der Waals surface area contributed by atoms with Crippen molar-refractivity contribution in [2.75, 3.05) is 27.3 Å². The summed E-state index contributed by atoms with van der Waals surface area (Å²) in [5.74, 6) is -0.218. The minimum Gasteiger partial charge on any atom is -0.460 e. The van der Waals surface area contributed by atoms with E-state index >= 15 is 0 Å². The molecule has 0 aliphatic carbocycles. The zero-order valence-corrected chi connectivity index (χ0v) is 9.19. The Morgan fingerprint density at radius 2 is 2.33 bits per heavy atom. The van der Waals surface area contributed by atoms with Crippen molar-refractivity contribution in [2.45, 2.75) is 25.4 Å². The van der Waals surface area contributed by atoms with Gasteiger partial charge in [-0.2, -0.15) is 0 Å². The van der Waals surface area contributed by atoms with Crippen molar-refractivity contribution in [3.05, 3.63) is 0 Å². The third-order valence-corrected chi connectivity index (χ3v) is 2.33. The van der Waals surface area contributed by atoms with Crippen molar-refractivity contribution in [1.29, 1.82) is 0 Å². The van der Waals surface area contributed by atoms with Gasteiger partial charge in [0.25, 0.3) is 0 Å². The fourth-order valence-corrected chi connectivity index (χ4v) is 1.51. The number of esters is 1. The van der Waals surface area contributed by atoms with Gasteiger partial charge in [0.15, 0.2) is 0 Å². The topological polar surface area (TPSA) is 55.8 Å². The average Bonchev–Trinajstić information content (AvgIpc) is 2.46. The predicted octanol–water partition coefficient (Wildman–Crippen LogP) is 0.187. The fraction of sp³-hybridized carbons (Fsp3) is 0.800. The number of ether oxygens (including phenoxy) is 2. The number of amides is 1. The van der Waals surface area contributed by atoms with E-state index in [1.165, 1.54) is 0 Å². The van der Waals surface area contributed by atoms with Crippen LogP contribution in [0.5, 0.6) is 0 Å². The maximum absolute atomic E-state index is 11.3. The van der Waals surface area contributed by atoms with Crippen LogP contribution >= 0.6 is 0 Å². The highest BCUT2D eigenvalue weighted by Gasteiger charge is 2.29. The molecule has 0 aromatic heterocycles. The summed E-state index contributed by atoms with van der Waals surface area (Å²) in [6.45, 7) is 1.06. The Morgan fingerprint density at radius 3 is 2.87 bits per heavy atom. The Morgan fingerprint density at radius 1 is 1.60 bits per heavy atom. The third-order valence-electron chi connectivity index (χ3n) is 2.33. The van der Waals surface area contributed by atoms with Gasteiger partial charge in [-0.15, -0.1) is 0 Å². The molecule has 1 amide bonds. The molecule has 5 nitrogen and oxygen atoms in total. The molecule has 0 N–H and O–H groups in total. The molecule has 1 fully saturated rings. The van der Waals surface area contributed by atoms with Crippen LogP contribution in [0.3, 0.4) is 0 Å². The van der Waals surface area contributed by atoms with Crippen molar-refractivity contribution >= 4 is 11.9 Å². The lowest BCUT2D eigenvalue weighted by Gasteiger charge is -2.11. The summed E-state index contributed by atoms with van der Waals surface area (Å²) < 4.78 is 9.97. The molecule has 0 aromatic carbocycles. The van der Waals surface area contributed by atoms with E-state index < -0.39 is 0 Å². The molecule has 1 saturated heterocycles. The first-order chi connectivity index (χ1) is 7.13. The van der Waals surface area contributed by atoms with Crippen LogP contribution in [0.4, 0.5) is 0 Å². The second-order valence-corrected chi connectivity index (χ2v) is 3.69. The number of carbonyl (C=O) groups excluding carboxylic acids is 2. The summed E-state index contributed by atoms with van der Waals surface area (Å²) in [7, 11) is 3.30. The lowest BCUT2D eigenvalue weighted by Crippen LogP contribution is -2.23.